The lowest BCUT2D eigenvalue weighted by Gasteiger charge is -2.64. The summed E-state index contributed by atoms with van der Waals surface area (Å²) < 4.78 is 17.6. The summed E-state index contributed by atoms with van der Waals surface area (Å²) >= 11 is 0. The molecule has 7 nitrogen and oxygen atoms in total. The molecule has 1 aromatic carbocycles. The highest BCUT2D eigenvalue weighted by molar-refractivity contribution is 5.92. The van der Waals surface area contributed by atoms with Gasteiger partial charge in [0.05, 0.1) is 36.7 Å². The van der Waals surface area contributed by atoms with Crippen LogP contribution < -0.4 is 9.47 Å². The van der Waals surface area contributed by atoms with E-state index >= 15 is 0 Å². The third-order valence-corrected chi connectivity index (χ3v) is 9.74. The lowest BCUT2D eigenvalue weighted by molar-refractivity contribution is -0.200. The van der Waals surface area contributed by atoms with Gasteiger partial charge in [-0.3, -0.25) is 9.69 Å². The molecule has 0 unspecified atom stereocenters. The number of aliphatic hydroxyl groups is 1. The van der Waals surface area contributed by atoms with Crippen molar-refractivity contribution in [2.75, 3.05) is 27.2 Å². The topological polar surface area (TPSA) is 75.4 Å². The molecule has 198 valence electrons. The maximum Gasteiger partial charge on any atom is 0.246 e. The number of ether oxygens (including phenoxy) is 2. The number of carbonyl (C=O) groups excluding carboxylic acids is 1. The number of hydrogen-bond acceptors (Lipinski definition) is 6. The van der Waals surface area contributed by atoms with Gasteiger partial charge in [-0.15, -0.1) is 12.4 Å². The largest absolute Gasteiger partial charge is 0.493 e. The van der Waals surface area contributed by atoms with E-state index in [-0.39, 0.29) is 36.5 Å². The summed E-state index contributed by atoms with van der Waals surface area (Å²) in [5.41, 5.74) is 1.82. The molecular formula is C29H35ClN2O5. The Labute approximate surface area is 223 Å². The zero-order valence-electron chi connectivity index (χ0n) is 21.4. The monoisotopic (exact) mass is 526 g/mol. The van der Waals surface area contributed by atoms with Crippen LogP contribution >= 0.6 is 12.4 Å². The molecular weight excluding hydrogens is 492 g/mol. The summed E-state index contributed by atoms with van der Waals surface area (Å²) in [6, 6.07) is 5.93. The van der Waals surface area contributed by atoms with Gasteiger partial charge in [-0.25, -0.2) is 0 Å². The lowest BCUT2D eigenvalue weighted by atomic mass is 9.48. The summed E-state index contributed by atoms with van der Waals surface area (Å²) in [6.45, 7) is 2.03. The zero-order valence-corrected chi connectivity index (χ0v) is 22.2. The molecule has 7 rings (SSSR count). The highest BCUT2D eigenvalue weighted by Crippen LogP contribution is 2.66. The number of amides is 1. The van der Waals surface area contributed by atoms with Crippen LogP contribution in [0.25, 0.3) is 6.08 Å². The molecule has 1 aromatic heterocycles. The number of likely N-dealkylation sites (N-methyl/N-ethyl adjacent to an activating group) is 1. The van der Waals surface area contributed by atoms with E-state index in [0.29, 0.717) is 18.6 Å². The molecule has 5 atom stereocenters. The third kappa shape index (κ3) is 3.43. The first-order chi connectivity index (χ1) is 17.5. The van der Waals surface area contributed by atoms with Crippen molar-refractivity contribution in [3.8, 4) is 11.5 Å². The molecule has 37 heavy (non-hydrogen) atoms. The van der Waals surface area contributed by atoms with E-state index < -0.39 is 11.0 Å². The Balaban J connectivity index is 0.00000252. The molecule has 8 heteroatoms. The molecule has 1 amide bonds. The van der Waals surface area contributed by atoms with Crippen LogP contribution in [0.4, 0.5) is 0 Å². The van der Waals surface area contributed by atoms with Crippen molar-refractivity contribution < 1.29 is 23.8 Å². The van der Waals surface area contributed by atoms with Crippen molar-refractivity contribution in [3.63, 3.8) is 0 Å². The van der Waals surface area contributed by atoms with Crippen molar-refractivity contribution in [3.05, 3.63) is 53.5 Å². The van der Waals surface area contributed by atoms with Gasteiger partial charge in [0.1, 0.15) is 6.10 Å². The van der Waals surface area contributed by atoms with E-state index in [4.69, 9.17) is 13.9 Å². The number of piperidine rings is 1. The van der Waals surface area contributed by atoms with Gasteiger partial charge < -0.3 is 23.9 Å². The fourth-order valence-corrected chi connectivity index (χ4v) is 7.82. The second-order valence-electron chi connectivity index (χ2n) is 11.4. The number of rotatable bonds is 6. The number of furan rings is 1. The number of hydrogen-bond donors (Lipinski definition) is 1. The first-order valence-electron chi connectivity index (χ1n) is 13.3. The molecule has 2 saturated carbocycles. The minimum atomic E-state index is -0.886. The number of halogens is 1. The van der Waals surface area contributed by atoms with Crippen molar-refractivity contribution in [1.82, 2.24) is 9.80 Å². The van der Waals surface area contributed by atoms with Crippen LogP contribution in [0.3, 0.4) is 0 Å². The maximum atomic E-state index is 13.3. The molecule has 1 N–H and O–H groups in total. The van der Waals surface area contributed by atoms with E-state index in [0.717, 1.165) is 48.7 Å². The van der Waals surface area contributed by atoms with Gasteiger partial charge >= 0.3 is 0 Å². The summed E-state index contributed by atoms with van der Waals surface area (Å²) in [7, 11) is 3.53. The fraction of sp³-hybridized carbons (Fsp3) is 0.552. The van der Waals surface area contributed by atoms with E-state index in [1.807, 2.05) is 24.1 Å². The van der Waals surface area contributed by atoms with Crippen LogP contribution in [0.5, 0.6) is 11.5 Å². The number of benzene rings is 1. The molecule has 2 aromatic rings. The molecule has 3 fully saturated rings. The summed E-state index contributed by atoms with van der Waals surface area (Å²) in [5.74, 6) is 2.18. The van der Waals surface area contributed by atoms with Crippen molar-refractivity contribution in [1.29, 1.82) is 0 Å². The van der Waals surface area contributed by atoms with Gasteiger partial charge in [0, 0.05) is 36.8 Å². The molecule has 3 aliphatic carbocycles. The van der Waals surface area contributed by atoms with Gasteiger partial charge in [-0.05, 0) is 74.8 Å². The first kappa shape index (κ1) is 24.8. The molecule has 0 radical (unpaired) electrons. The number of likely N-dealkylation sites (tertiary alicyclic amines) is 1. The van der Waals surface area contributed by atoms with E-state index in [1.54, 1.807) is 31.8 Å². The van der Waals surface area contributed by atoms with Crippen molar-refractivity contribution >= 4 is 24.4 Å². The van der Waals surface area contributed by atoms with Gasteiger partial charge in [-0.2, -0.15) is 0 Å². The van der Waals surface area contributed by atoms with Gasteiger partial charge in [0.25, 0.3) is 0 Å². The van der Waals surface area contributed by atoms with Crippen molar-refractivity contribution in [2.45, 2.75) is 67.7 Å². The van der Waals surface area contributed by atoms with E-state index in [9.17, 15) is 9.90 Å². The first-order valence-corrected chi connectivity index (χ1v) is 13.3. The second-order valence-corrected chi connectivity index (χ2v) is 11.4. The quantitative estimate of drug-likeness (QED) is 0.577. The predicted molar refractivity (Wildman–Crippen MR) is 141 cm³/mol. The molecule has 2 bridgehead atoms. The maximum absolute atomic E-state index is 13.3. The van der Waals surface area contributed by atoms with Crippen molar-refractivity contribution in [2.24, 2.45) is 5.92 Å². The Kier molecular flexibility index (Phi) is 5.90. The average Bonchev–Trinajstić information content (AvgIpc) is 3.40. The Morgan fingerprint density at radius 3 is 2.84 bits per heavy atom. The molecule has 1 spiro atoms. The SMILES string of the molecule is COc1ccc2c3c1O[C@H]1[C@H](N(C)C(=O)/C=C/c4ccoc4)CC[C@@]4(O)[C@@H](C2)N(CC2CC2)CC[C@]314.Cl. The van der Waals surface area contributed by atoms with Crippen LogP contribution in [0.2, 0.25) is 0 Å². The van der Waals surface area contributed by atoms with E-state index in [2.05, 4.69) is 11.0 Å². The summed E-state index contributed by atoms with van der Waals surface area (Å²) in [4.78, 5) is 17.6. The Bertz CT molecular complexity index is 1230. The van der Waals surface area contributed by atoms with Gasteiger partial charge in [0.15, 0.2) is 11.5 Å². The predicted octanol–water partition coefficient (Wildman–Crippen LogP) is 3.81. The number of methoxy groups -OCH3 is 1. The minimum Gasteiger partial charge on any atom is -0.493 e. The van der Waals surface area contributed by atoms with Gasteiger partial charge in [0.2, 0.25) is 5.91 Å². The Morgan fingerprint density at radius 2 is 2.11 bits per heavy atom. The van der Waals surface area contributed by atoms with Crippen LogP contribution in [0.15, 0.2) is 41.2 Å². The smallest absolute Gasteiger partial charge is 0.246 e. The highest BCUT2D eigenvalue weighted by atomic mass is 35.5. The van der Waals surface area contributed by atoms with Gasteiger partial charge in [-0.1, -0.05) is 6.07 Å². The summed E-state index contributed by atoms with van der Waals surface area (Å²) in [5, 5.41) is 12.7. The lowest BCUT2D eigenvalue weighted by Crippen LogP contribution is -2.78. The normalized spacial score (nSPS) is 33.4. The highest BCUT2D eigenvalue weighted by Gasteiger charge is 2.73. The number of carbonyl (C=O) groups is 1. The molecule has 3 heterocycles. The standard InChI is InChI=1S/C29H34N2O5.ClH/c1-30(24(32)8-5-19-10-14-35-17-19)21-9-11-29(33)23-15-20-6-7-22(34-2)26-25(20)28(29,27(21)36-26)12-13-31(23)16-18-3-4-18;/h5-8,10,14,17-18,21,23,27,33H,3-4,9,11-13,15-16H2,1-2H3;1H/b8-5+;/t21-,23-,27+,28+,29-;/m1./s1. The Hall–Kier alpha value is -2.48. The van der Waals surface area contributed by atoms with Crippen LogP contribution in [0, 0.1) is 5.92 Å². The third-order valence-electron chi connectivity index (χ3n) is 9.74. The second kappa shape index (κ2) is 8.79. The number of nitrogens with zero attached hydrogens (tertiary/aromatic N) is 2. The zero-order chi connectivity index (χ0) is 24.7. The fourth-order valence-electron chi connectivity index (χ4n) is 7.82. The average molecular weight is 527 g/mol. The van der Waals surface area contributed by atoms with Crippen LogP contribution in [0.1, 0.15) is 48.8 Å². The molecule has 1 saturated heterocycles. The van der Waals surface area contributed by atoms with E-state index in [1.165, 1.54) is 18.4 Å². The minimum absolute atomic E-state index is 0. The Morgan fingerprint density at radius 1 is 1.27 bits per heavy atom. The van der Waals surface area contributed by atoms with Crippen LogP contribution in [-0.4, -0.2) is 71.8 Å². The molecule has 2 aliphatic heterocycles. The van der Waals surface area contributed by atoms with Crippen LogP contribution in [-0.2, 0) is 16.6 Å². The molecule has 5 aliphatic rings. The summed E-state index contributed by atoms with van der Waals surface area (Å²) in [6.07, 6.45) is 11.9.